The van der Waals surface area contributed by atoms with E-state index in [2.05, 4.69) is 5.92 Å². The maximum Gasteiger partial charge on any atom is 0.308 e. The SMILES string of the molecule is [C]#Cc1ccc(OC(C)=O)cc1. The van der Waals surface area contributed by atoms with Gasteiger partial charge < -0.3 is 4.74 Å². The molecule has 0 N–H and O–H groups in total. The van der Waals surface area contributed by atoms with E-state index in [4.69, 9.17) is 11.2 Å². The predicted molar refractivity (Wildman–Crippen MR) is 44.0 cm³/mol. The highest BCUT2D eigenvalue weighted by molar-refractivity contribution is 5.69. The van der Waals surface area contributed by atoms with Crippen molar-refractivity contribution in [3.8, 4) is 11.7 Å². The normalized spacial score (nSPS) is 8.67. The molecule has 2 nitrogen and oxygen atoms in total. The van der Waals surface area contributed by atoms with Gasteiger partial charge in [-0.1, -0.05) is 5.92 Å². The molecule has 1 radical (unpaired) electrons. The summed E-state index contributed by atoms with van der Waals surface area (Å²) in [5.41, 5.74) is 0.658. The molecule has 0 heterocycles. The summed E-state index contributed by atoms with van der Waals surface area (Å²) < 4.78 is 4.79. The van der Waals surface area contributed by atoms with Crippen molar-refractivity contribution in [3.05, 3.63) is 36.3 Å². The summed E-state index contributed by atoms with van der Waals surface area (Å²) in [4.78, 5) is 10.5. The number of benzene rings is 1. The molecule has 0 aliphatic heterocycles. The molecule has 0 aliphatic rings. The van der Waals surface area contributed by atoms with E-state index < -0.39 is 0 Å². The second kappa shape index (κ2) is 3.59. The van der Waals surface area contributed by atoms with Crippen molar-refractivity contribution in [1.29, 1.82) is 0 Å². The Kier molecular flexibility index (Phi) is 2.49. The van der Waals surface area contributed by atoms with E-state index in [9.17, 15) is 4.79 Å². The van der Waals surface area contributed by atoms with Gasteiger partial charge in [-0.3, -0.25) is 4.79 Å². The minimum absolute atomic E-state index is 0.346. The largest absolute Gasteiger partial charge is 0.427 e. The lowest BCUT2D eigenvalue weighted by Crippen LogP contribution is -2.00. The number of rotatable bonds is 1. The molecule has 0 saturated heterocycles. The summed E-state index contributed by atoms with van der Waals surface area (Å²) >= 11 is 0. The lowest BCUT2D eigenvalue weighted by Gasteiger charge is -1.99. The van der Waals surface area contributed by atoms with E-state index in [-0.39, 0.29) is 5.97 Å². The summed E-state index contributed by atoms with van der Waals surface area (Å²) in [7, 11) is 0. The molecule has 0 fully saturated rings. The molecule has 1 rings (SSSR count). The van der Waals surface area contributed by atoms with E-state index in [1.807, 2.05) is 0 Å². The van der Waals surface area contributed by atoms with Gasteiger partial charge in [0.15, 0.2) is 0 Å². The fourth-order valence-corrected chi connectivity index (χ4v) is 0.772. The minimum atomic E-state index is -0.346. The van der Waals surface area contributed by atoms with E-state index >= 15 is 0 Å². The summed E-state index contributed by atoms with van der Waals surface area (Å²) in [5.74, 6) is 2.36. The Morgan fingerprint density at radius 2 is 2.00 bits per heavy atom. The maximum atomic E-state index is 10.5. The van der Waals surface area contributed by atoms with Gasteiger partial charge in [0.1, 0.15) is 5.75 Å². The fourth-order valence-electron chi connectivity index (χ4n) is 0.772. The predicted octanol–water partition coefficient (Wildman–Crippen LogP) is 1.55. The lowest BCUT2D eigenvalue weighted by atomic mass is 10.2. The van der Waals surface area contributed by atoms with Crippen molar-refractivity contribution >= 4 is 5.97 Å². The van der Waals surface area contributed by atoms with E-state index in [1.165, 1.54) is 6.92 Å². The quantitative estimate of drug-likeness (QED) is 0.353. The highest BCUT2D eigenvalue weighted by atomic mass is 16.5. The molecule has 0 aliphatic carbocycles. The van der Waals surface area contributed by atoms with Crippen LogP contribution in [0.5, 0.6) is 5.75 Å². The van der Waals surface area contributed by atoms with Crippen LogP contribution in [0.3, 0.4) is 0 Å². The lowest BCUT2D eigenvalue weighted by molar-refractivity contribution is -0.131. The second-order valence-corrected chi connectivity index (χ2v) is 2.24. The van der Waals surface area contributed by atoms with Gasteiger partial charge in [0.2, 0.25) is 0 Å². The number of ether oxygens (including phenoxy) is 1. The highest BCUT2D eigenvalue weighted by Gasteiger charge is 1.95. The van der Waals surface area contributed by atoms with Gasteiger partial charge in [-0.05, 0) is 30.7 Å². The maximum absolute atomic E-state index is 10.5. The number of hydrogen-bond acceptors (Lipinski definition) is 2. The molecule has 59 valence electrons. The first-order valence-electron chi connectivity index (χ1n) is 3.43. The third-order valence-electron chi connectivity index (χ3n) is 1.26. The summed E-state index contributed by atoms with van der Waals surface area (Å²) in [6.07, 6.45) is 6.80. The van der Waals surface area contributed by atoms with Crippen LogP contribution in [0, 0.1) is 12.3 Å². The number of hydrogen-bond donors (Lipinski definition) is 0. The minimum Gasteiger partial charge on any atom is -0.427 e. The van der Waals surface area contributed by atoms with Gasteiger partial charge in [-0.25, -0.2) is 0 Å². The van der Waals surface area contributed by atoms with Crippen LogP contribution in [-0.4, -0.2) is 5.97 Å². The van der Waals surface area contributed by atoms with Gasteiger partial charge in [0.25, 0.3) is 0 Å². The van der Waals surface area contributed by atoms with Crippen LogP contribution in [0.15, 0.2) is 24.3 Å². The molecule has 0 unspecified atom stereocenters. The third-order valence-corrected chi connectivity index (χ3v) is 1.26. The average molecular weight is 159 g/mol. The Labute approximate surface area is 71.2 Å². The Morgan fingerprint density at radius 1 is 1.42 bits per heavy atom. The molecule has 0 aromatic heterocycles. The summed E-state index contributed by atoms with van der Waals surface area (Å²) in [5, 5.41) is 0. The smallest absolute Gasteiger partial charge is 0.308 e. The Morgan fingerprint density at radius 3 is 2.42 bits per heavy atom. The van der Waals surface area contributed by atoms with Crippen molar-refractivity contribution in [2.45, 2.75) is 6.92 Å². The van der Waals surface area contributed by atoms with Crippen molar-refractivity contribution in [1.82, 2.24) is 0 Å². The summed E-state index contributed by atoms with van der Waals surface area (Å²) in [6, 6.07) is 6.56. The van der Waals surface area contributed by atoms with Crippen LogP contribution < -0.4 is 4.74 Å². The molecule has 0 spiro atoms. The zero-order valence-corrected chi connectivity index (χ0v) is 6.63. The summed E-state index contributed by atoms with van der Waals surface area (Å²) in [6.45, 7) is 1.34. The van der Waals surface area contributed by atoms with Gasteiger partial charge in [-0.2, -0.15) is 0 Å². The standard InChI is InChI=1S/C10H7O2/c1-3-9-4-6-10(7-5-9)12-8(2)11/h4-7H,2H3. The number of carbonyl (C=O) groups excluding carboxylic acids is 1. The number of carbonyl (C=O) groups is 1. The Hall–Kier alpha value is -1.75. The first-order chi connectivity index (χ1) is 5.72. The monoisotopic (exact) mass is 159 g/mol. The molecule has 0 atom stereocenters. The molecule has 0 amide bonds. The molecule has 1 aromatic rings. The van der Waals surface area contributed by atoms with Crippen LogP contribution in [0.25, 0.3) is 0 Å². The van der Waals surface area contributed by atoms with Crippen LogP contribution in [0.1, 0.15) is 12.5 Å². The van der Waals surface area contributed by atoms with Crippen molar-refractivity contribution in [3.63, 3.8) is 0 Å². The molecule has 1 aromatic carbocycles. The van der Waals surface area contributed by atoms with Gasteiger partial charge in [-0.15, -0.1) is 0 Å². The van der Waals surface area contributed by atoms with E-state index in [0.717, 1.165) is 0 Å². The molecule has 0 bridgehead atoms. The highest BCUT2D eigenvalue weighted by Crippen LogP contribution is 2.11. The topological polar surface area (TPSA) is 26.3 Å². The zero-order valence-electron chi connectivity index (χ0n) is 6.63. The molecule has 2 heteroatoms. The molecular formula is C10H7O2. The average Bonchev–Trinajstić information content (AvgIpc) is 2.05. The number of esters is 1. The van der Waals surface area contributed by atoms with Crippen LogP contribution in [0.4, 0.5) is 0 Å². The van der Waals surface area contributed by atoms with E-state index in [0.29, 0.717) is 11.3 Å². The first kappa shape index (κ1) is 8.35. The Bertz CT molecular complexity index is 317. The van der Waals surface area contributed by atoms with Crippen LogP contribution in [0.2, 0.25) is 0 Å². The zero-order chi connectivity index (χ0) is 8.97. The van der Waals surface area contributed by atoms with Crippen molar-refractivity contribution in [2.75, 3.05) is 0 Å². The van der Waals surface area contributed by atoms with Gasteiger partial charge in [0, 0.05) is 12.5 Å². The second-order valence-electron chi connectivity index (χ2n) is 2.24. The fraction of sp³-hybridized carbons (Fsp3) is 0.100. The van der Waals surface area contributed by atoms with Crippen molar-refractivity contribution < 1.29 is 9.53 Å². The Balaban J connectivity index is 2.80. The first-order valence-corrected chi connectivity index (χ1v) is 3.43. The molecule has 0 saturated carbocycles. The third kappa shape index (κ3) is 2.14. The molecular weight excluding hydrogens is 152 g/mol. The van der Waals surface area contributed by atoms with E-state index in [1.54, 1.807) is 24.3 Å². The van der Waals surface area contributed by atoms with Gasteiger partial charge >= 0.3 is 5.97 Å². The molecule has 12 heavy (non-hydrogen) atoms. The van der Waals surface area contributed by atoms with Crippen molar-refractivity contribution in [2.24, 2.45) is 0 Å². The van der Waals surface area contributed by atoms with Crippen LogP contribution >= 0.6 is 0 Å². The van der Waals surface area contributed by atoms with Gasteiger partial charge in [0.05, 0.1) is 0 Å². The van der Waals surface area contributed by atoms with Crippen LogP contribution in [-0.2, 0) is 4.79 Å².